The van der Waals surface area contributed by atoms with Crippen LogP contribution < -0.4 is 0 Å². The molecule has 4 nitrogen and oxygen atoms in total. The highest BCUT2D eigenvalue weighted by Crippen LogP contribution is 2.22. The Morgan fingerprint density at radius 1 is 1.57 bits per heavy atom. The van der Waals surface area contributed by atoms with Gasteiger partial charge < -0.3 is 10.0 Å². The van der Waals surface area contributed by atoms with Crippen molar-refractivity contribution < 1.29 is 14.7 Å². The summed E-state index contributed by atoms with van der Waals surface area (Å²) in [4.78, 5) is 23.6. The summed E-state index contributed by atoms with van der Waals surface area (Å²) in [6.45, 7) is 5.89. The molecule has 1 heterocycles. The van der Waals surface area contributed by atoms with Gasteiger partial charge in [0.05, 0.1) is 0 Å². The van der Waals surface area contributed by atoms with Crippen LogP contribution in [0.5, 0.6) is 0 Å². The first kappa shape index (κ1) is 10.8. The second kappa shape index (κ2) is 4.26. The van der Waals surface area contributed by atoms with E-state index in [0.29, 0.717) is 18.9 Å². The number of carbonyl (C=O) groups is 2. The highest BCUT2D eigenvalue weighted by Gasteiger charge is 2.33. The molecule has 0 aliphatic carbocycles. The predicted molar refractivity (Wildman–Crippen MR) is 51.7 cm³/mol. The predicted octanol–water partition coefficient (Wildman–Crippen LogP) is 0.884. The Hall–Kier alpha value is -1.32. The molecule has 1 N–H and O–H groups in total. The van der Waals surface area contributed by atoms with Gasteiger partial charge in [0.25, 0.3) is 0 Å². The minimum Gasteiger partial charge on any atom is -0.480 e. The Kier molecular flexibility index (Phi) is 3.28. The fourth-order valence-corrected chi connectivity index (χ4v) is 1.76. The second-order valence-corrected chi connectivity index (χ2v) is 3.72. The summed E-state index contributed by atoms with van der Waals surface area (Å²) in [6.07, 6.45) is 2.57. The van der Waals surface area contributed by atoms with Gasteiger partial charge in [0.1, 0.15) is 6.04 Å². The van der Waals surface area contributed by atoms with Crippen LogP contribution in [0.1, 0.15) is 19.8 Å². The van der Waals surface area contributed by atoms with Gasteiger partial charge in [-0.3, -0.25) is 4.79 Å². The van der Waals surface area contributed by atoms with Crippen molar-refractivity contribution in [2.45, 2.75) is 25.8 Å². The minimum atomic E-state index is -0.924. The van der Waals surface area contributed by atoms with Crippen LogP contribution in [0.25, 0.3) is 0 Å². The zero-order chi connectivity index (χ0) is 10.7. The smallest absolute Gasteiger partial charge is 0.326 e. The maximum atomic E-state index is 11.3. The number of likely N-dealkylation sites (tertiary alicyclic amines) is 1. The van der Waals surface area contributed by atoms with Crippen molar-refractivity contribution >= 4 is 11.9 Å². The Balaban J connectivity index is 2.77. The first-order valence-corrected chi connectivity index (χ1v) is 4.72. The Bertz CT molecular complexity index is 262. The molecule has 78 valence electrons. The fraction of sp³-hybridized carbons (Fsp3) is 0.600. The van der Waals surface area contributed by atoms with Gasteiger partial charge in [-0.15, -0.1) is 0 Å². The van der Waals surface area contributed by atoms with Crippen LogP contribution >= 0.6 is 0 Å². The summed E-state index contributed by atoms with van der Waals surface area (Å²) >= 11 is 0. The van der Waals surface area contributed by atoms with E-state index in [-0.39, 0.29) is 5.91 Å². The molecule has 2 unspecified atom stereocenters. The summed E-state index contributed by atoms with van der Waals surface area (Å²) in [6, 6.07) is -0.677. The molecule has 0 spiro atoms. The quantitative estimate of drug-likeness (QED) is 0.669. The van der Waals surface area contributed by atoms with Crippen molar-refractivity contribution in [2.24, 2.45) is 5.92 Å². The highest BCUT2D eigenvalue weighted by molar-refractivity contribution is 5.90. The van der Waals surface area contributed by atoms with Crippen LogP contribution in [-0.2, 0) is 9.59 Å². The van der Waals surface area contributed by atoms with E-state index in [1.165, 1.54) is 11.0 Å². The standard InChI is InChI=1S/C10H15NO3/c1-3-9(12)11-5-4-7(2)6-8(11)10(13)14/h3,7-8H,1,4-6H2,2H3,(H,13,14). The molecule has 0 aromatic heterocycles. The zero-order valence-electron chi connectivity index (χ0n) is 8.27. The van der Waals surface area contributed by atoms with Gasteiger partial charge >= 0.3 is 5.97 Å². The largest absolute Gasteiger partial charge is 0.480 e. The van der Waals surface area contributed by atoms with E-state index in [1.807, 2.05) is 6.92 Å². The van der Waals surface area contributed by atoms with Gasteiger partial charge in [0, 0.05) is 6.54 Å². The van der Waals surface area contributed by atoms with E-state index in [9.17, 15) is 9.59 Å². The fourth-order valence-electron chi connectivity index (χ4n) is 1.76. The van der Waals surface area contributed by atoms with Crippen molar-refractivity contribution in [1.29, 1.82) is 0 Å². The summed E-state index contributed by atoms with van der Waals surface area (Å²) in [5.74, 6) is -0.846. The molecule has 14 heavy (non-hydrogen) atoms. The van der Waals surface area contributed by atoms with Crippen LogP contribution in [-0.4, -0.2) is 34.5 Å². The molecule has 0 saturated carbocycles. The third-order valence-corrected chi connectivity index (χ3v) is 2.61. The SMILES string of the molecule is C=CC(=O)N1CCC(C)CC1C(=O)O. The topological polar surface area (TPSA) is 57.6 Å². The third-order valence-electron chi connectivity index (χ3n) is 2.61. The molecule has 0 aromatic rings. The molecule has 1 saturated heterocycles. The molecule has 1 rings (SSSR count). The molecular weight excluding hydrogens is 182 g/mol. The third kappa shape index (κ3) is 2.13. The summed E-state index contributed by atoms with van der Waals surface area (Å²) in [5.41, 5.74) is 0. The number of nitrogens with zero attached hydrogens (tertiary/aromatic N) is 1. The molecule has 2 atom stereocenters. The van der Waals surface area contributed by atoms with E-state index < -0.39 is 12.0 Å². The Labute approximate surface area is 83.2 Å². The van der Waals surface area contributed by atoms with Crippen LogP contribution in [0.3, 0.4) is 0 Å². The number of hydrogen-bond acceptors (Lipinski definition) is 2. The van der Waals surface area contributed by atoms with Crippen LogP contribution in [0.15, 0.2) is 12.7 Å². The van der Waals surface area contributed by atoms with E-state index in [2.05, 4.69) is 6.58 Å². The van der Waals surface area contributed by atoms with Crippen LogP contribution in [0.2, 0.25) is 0 Å². The van der Waals surface area contributed by atoms with Crippen molar-refractivity contribution in [3.63, 3.8) is 0 Å². The lowest BCUT2D eigenvalue weighted by atomic mass is 9.92. The summed E-state index contributed by atoms with van der Waals surface area (Å²) in [5, 5.41) is 8.94. The van der Waals surface area contributed by atoms with Gasteiger partial charge in [-0.2, -0.15) is 0 Å². The first-order valence-electron chi connectivity index (χ1n) is 4.72. The number of piperidine rings is 1. The van der Waals surface area contributed by atoms with E-state index >= 15 is 0 Å². The average Bonchev–Trinajstić information content (AvgIpc) is 2.16. The maximum Gasteiger partial charge on any atom is 0.326 e. The number of rotatable bonds is 2. The molecule has 1 amide bonds. The van der Waals surface area contributed by atoms with Crippen LogP contribution in [0.4, 0.5) is 0 Å². The van der Waals surface area contributed by atoms with E-state index in [4.69, 9.17) is 5.11 Å². The molecule has 0 radical (unpaired) electrons. The second-order valence-electron chi connectivity index (χ2n) is 3.72. The van der Waals surface area contributed by atoms with Crippen LogP contribution in [0, 0.1) is 5.92 Å². The number of carboxylic acid groups (broad SMARTS) is 1. The monoisotopic (exact) mass is 197 g/mol. The van der Waals surface area contributed by atoms with Crippen molar-refractivity contribution in [2.75, 3.05) is 6.54 Å². The van der Waals surface area contributed by atoms with Gasteiger partial charge in [-0.05, 0) is 24.8 Å². The minimum absolute atomic E-state index is 0.288. The normalized spacial score (nSPS) is 27.1. The zero-order valence-corrected chi connectivity index (χ0v) is 8.27. The molecule has 1 aliphatic heterocycles. The number of amides is 1. The van der Waals surface area contributed by atoms with E-state index in [0.717, 1.165) is 6.42 Å². The number of hydrogen-bond donors (Lipinski definition) is 1. The number of carbonyl (C=O) groups excluding carboxylic acids is 1. The summed E-state index contributed by atoms with van der Waals surface area (Å²) in [7, 11) is 0. The molecule has 1 aliphatic rings. The lowest BCUT2D eigenvalue weighted by Gasteiger charge is -2.35. The Morgan fingerprint density at radius 2 is 2.21 bits per heavy atom. The number of carboxylic acids is 1. The van der Waals surface area contributed by atoms with Crippen molar-refractivity contribution in [1.82, 2.24) is 4.90 Å². The molecule has 4 heteroatoms. The lowest BCUT2D eigenvalue weighted by molar-refractivity contribution is -0.151. The highest BCUT2D eigenvalue weighted by atomic mass is 16.4. The first-order chi connectivity index (χ1) is 6.56. The summed E-state index contributed by atoms with van der Waals surface area (Å²) < 4.78 is 0. The van der Waals surface area contributed by atoms with Gasteiger partial charge in [0.2, 0.25) is 5.91 Å². The van der Waals surface area contributed by atoms with Gasteiger partial charge in [-0.25, -0.2) is 4.79 Å². The maximum absolute atomic E-state index is 11.3. The number of aliphatic carboxylic acids is 1. The van der Waals surface area contributed by atoms with E-state index in [1.54, 1.807) is 0 Å². The lowest BCUT2D eigenvalue weighted by Crippen LogP contribution is -2.49. The molecule has 1 fully saturated rings. The molecule has 0 bridgehead atoms. The van der Waals surface area contributed by atoms with Gasteiger partial charge in [-0.1, -0.05) is 13.5 Å². The van der Waals surface area contributed by atoms with Crippen molar-refractivity contribution in [3.05, 3.63) is 12.7 Å². The molecule has 0 aromatic carbocycles. The Morgan fingerprint density at radius 3 is 2.71 bits per heavy atom. The van der Waals surface area contributed by atoms with Gasteiger partial charge in [0.15, 0.2) is 0 Å². The average molecular weight is 197 g/mol. The molecular formula is C10H15NO3. The van der Waals surface area contributed by atoms with Crippen molar-refractivity contribution in [3.8, 4) is 0 Å².